The summed E-state index contributed by atoms with van der Waals surface area (Å²) in [5.41, 5.74) is 7.40. The van der Waals surface area contributed by atoms with Crippen molar-refractivity contribution in [1.82, 2.24) is 0 Å². The van der Waals surface area contributed by atoms with Gasteiger partial charge in [-0.3, -0.25) is 0 Å². The Morgan fingerprint density at radius 2 is 2.27 bits per heavy atom. The van der Waals surface area contributed by atoms with Gasteiger partial charge in [-0.2, -0.15) is 5.26 Å². The predicted octanol–water partition coefficient (Wildman–Crippen LogP) is 2.12. The molecule has 2 rings (SSSR count). The Kier molecular flexibility index (Phi) is 2.17. The van der Waals surface area contributed by atoms with Gasteiger partial charge < -0.3 is 10.5 Å². The maximum atomic E-state index is 8.80. The summed E-state index contributed by atoms with van der Waals surface area (Å²) >= 11 is 0. The largest absolute Gasteiger partial charge is 0.487 e. The average Bonchev–Trinajstić information content (AvgIpc) is 2.15. The van der Waals surface area contributed by atoms with E-state index in [0.29, 0.717) is 5.56 Å². The Balaban J connectivity index is 2.47. The molecule has 0 unspecified atom stereocenters. The summed E-state index contributed by atoms with van der Waals surface area (Å²) in [6, 6.07) is 7.46. The van der Waals surface area contributed by atoms with Gasteiger partial charge >= 0.3 is 0 Å². The van der Waals surface area contributed by atoms with Crippen LogP contribution >= 0.6 is 0 Å². The van der Waals surface area contributed by atoms with E-state index in [-0.39, 0.29) is 11.6 Å². The Bertz CT molecular complexity index is 432. The lowest BCUT2D eigenvalue weighted by molar-refractivity contribution is 0.0729. The fraction of sp³-hybridized carbons (Fsp3) is 0.417. The molecule has 3 nitrogen and oxygen atoms in total. The molecule has 0 amide bonds. The molecule has 1 heterocycles. The molecule has 1 aliphatic heterocycles. The van der Waals surface area contributed by atoms with Gasteiger partial charge in [-0.05, 0) is 32.0 Å². The first-order chi connectivity index (χ1) is 7.02. The monoisotopic (exact) mass is 202 g/mol. The molecule has 0 aromatic heterocycles. The third-order valence-corrected chi connectivity index (χ3v) is 2.64. The number of nitriles is 1. The van der Waals surface area contributed by atoms with Crippen LogP contribution in [0, 0.1) is 11.3 Å². The fourth-order valence-corrected chi connectivity index (χ4v) is 1.98. The molecule has 1 aliphatic rings. The summed E-state index contributed by atoms with van der Waals surface area (Å²) < 4.78 is 5.80. The first-order valence-electron chi connectivity index (χ1n) is 5.00. The molecule has 0 spiro atoms. The van der Waals surface area contributed by atoms with Gasteiger partial charge in [0.25, 0.3) is 0 Å². The molecule has 0 aliphatic carbocycles. The van der Waals surface area contributed by atoms with E-state index in [2.05, 4.69) is 6.07 Å². The quantitative estimate of drug-likeness (QED) is 0.701. The van der Waals surface area contributed by atoms with Crippen LogP contribution in [0.1, 0.15) is 37.4 Å². The number of benzene rings is 1. The standard InChI is InChI=1S/C12H14N2O/c1-12(2)6-10(14)9-5-8(7-13)3-4-11(9)15-12/h3-5,10H,6,14H2,1-2H3/t10-/m1/s1. The zero-order chi connectivity index (χ0) is 11.1. The van der Waals surface area contributed by atoms with E-state index in [1.165, 1.54) is 0 Å². The minimum atomic E-state index is -0.222. The lowest BCUT2D eigenvalue weighted by Gasteiger charge is -2.36. The molecule has 78 valence electrons. The number of nitrogens with zero attached hydrogens (tertiary/aromatic N) is 1. The molecule has 0 fully saturated rings. The van der Waals surface area contributed by atoms with Gasteiger partial charge in [-0.15, -0.1) is 0 Å². The Morgan fingerprint density at radius 1 is 1.53 bits per heavy atom. The molecule has 0 bridgehead atoms. The number of nitrogens with two attached hydrogens (primary N) is 1. The first kappa shape index (κ1) is 10.0. The van der Waals surface area contributed by atoms with Gasteiger partial charge in [0, 0.05) is 18.0 Å². The maximum absolute atomic E-state index is 8.80. The Morgan fingerprint density at radius 3 is 2.93 bits per heavy atom. The van der Waals surface area contributed by atoms with Gasteiger partial charge in [0.15, 0.2) is 0 Å². The van der Waals surface area contributed by atoms with Crippen LogP contribution in [0.4, 0.5) is 0 Å². The normalized spacial score (nSPS) is 22.4. The Hall–Kier alpha value is -1.53. The first-order valence-corrected chi connectivity index (χ1v) is 5.00. The highest BCUT2D eigenvalue weighted by atomic mass is 16.5. The van der Waals surface area contributed by atoms with Crippen molar-refractivity contribution in [2.24, 2.45) is 5.73 Å². The maximum Gasteiger partial charge on any atom is 0.124 e. The fourth-order valence-electron chi connectivity index (χ4n) is 1.98. The molecule has 1 aromatic rings. The lowest BCUT2D eigenvalue weighted by atomic mass is 9.89. The molecule has 1 aromatic carbocycles. The summed E-state index contributed by atoms with van der Waals surface area (Å²) in [6.45, 7) is 4.04. The van der Waals surface area contributed by atoms with Crippen LogP contribution in [0.2, 0.25) is 0 Å². The summed E-state index contributed by atoms with van der Waals surface area (Å²) in [5.74, 6) is 0.803. The minimum Gasteiger partial charge on any atom is -0.487 e. The smallest absolute Gasteiger partial charge is 0.124 e. The summed E-state index contributed by atoms with van der Waals surface area (Å²) in [6.07, 6.45) is 0.773. The van der Waals surface area contributed by atoms with Crippen LogP contribution in [0.25, 0.3) is 0 Å². The third-order valence-electron chi connectivity index (χ3n) is 2.64. The highest BCUT2D eigenvalue weighted by Gasteiger charge is 2.31. The molecule has 15 heavy (non-hydrogen) atoms. The van der Waals surface area contributed by atoms with Crippen molar-refractivity contribution >= 4 is 0 Å². The van der Waals surface area contributed by atoms with Crippen LogP contribution in [0.5, 0.6) is 5.75 Å². The van der Waals surface area contributed by atoms with Crippen LogP contribution in [0.3, 0.4) is 0 Å². The van der Waals surface area contributed by atoms with E-state index < -0.39 is 0 Å². The van der Waals surface area contributed by atoms with Gasteiger partial charge in [0.05, 0.1) is 11.6 Å². The zero-order valence-corrected chi connectivity index (χ0v) is 8.95. The molecule has 1 atom stereocenters. The molecular formula is C12H14N2O. The van der Waals surface area contributed by atoms with Gasteiger partial charge in [-0.25, -0.2) is 0 Å². The van der Waals surface area contributed by atoms with E-state index in [1.54, 1.807) is 6.07 Å². The SMILES string of the molecule is CC1(C)C[C@@H](N)c2cc(C#N)ccc2O1. The molecular weight excluding hydrogens is 188 g/mol. The highest BCUT2D eigenvalue weighted by molar-refractivity contribution is 5.45. The van der Waals surface area contributed by atoms with E-state index in [9.17, 15) is 0 Å². The van der Waals surface area contributed by atoms with Crippen molar-refractivity contribution in [3.63, 3.8) is 0 Å². The number of hydrogen-bond acceptors (Lipinski definition) is 3. The van der Waals surface area contributed by atoms with Crippen molar-refractivity contribution in [1.29, 1.82) is 5.26 Å². The third kappa shape index (κ3) is 1.81. The topological polar surface area (TPSA) is 59.0 Å². The summed E-state index contributed by atoms with van der Waals surface area (Å²) in [7, 11) is 0. The minimum absolute atomic E-state index is 0.0444. The van der Waals surface area contributed by atoms with Gasteiger partial charge in [0.1, 0.15) is 11.4 Å². The number of fused-ring (bicyclic) bond motifs is 1. The Labute approximate surface area is 89.5 Å². The summed E-state index contributed by atoms with van der Waals surface area (Å²) in [5, 5.41) is 8.80. The van der Waals surface area contributed by atoms with E-state index >= 15 is 0 Å². The second-order valence-corrected chi connectivity index (χ2v) is 4.54. The predicted molar refractivity (Wildman–Crippen MR) is 57.4 cm³/mol. The van der Waals surface area contributed by atoms with Crippen molar-refractivity contribution in [2.45, 2.75) is 31.9 Å². The molecule has 0 saturated heterocycles. The zero-order valence-electron chi connectivity index (χ0n) is 8.95. The van der Waals surface area contributed by atoms with Crippen molar-refractivity contribution in [3.05, 3.63) is 29.3 Å². The lowest BCUT2D eigenvalue weighted by Crippen LogP contribution is -2.37. The second-order valence-electron chi connectivity index (χ2n) is 4.54. The second kappa shape index (κ2) is 3.25. The number of rotatable bonds is 0. The van der Waals surface area contributed by atoms with Crippen LogP contribution in [-0.2, 0) is 0 Å². The molecule has 0 saturated carbocycles. The van der Waals surface area contributed by atoms with E-state index in [1.807, 2.05) is 26.0 Å². The van der Waals surface area contributed by atoms with Crippen molar-refractivity contribution in [3.8, 4) is 11.8 Å². The molecule has 3 heteroatoms. The molecule has 2 N–H and O–H groups in total. The summed E-state index contributed by atoms with van der Waals surface area (Å²) in [4.78, 5) is 0. The number of hydrogen-bond donors (Lipinski definition) is 1. The van der Waals surface area contributed by atoms with Crippen LogP contribution in [0.15, 0.2) is 18.2 Å². The van der Waals surface area contributed by atoms with Crippen molar-refractivity contribution < 1.29 is 4.74 Å². The van der Waals surface area contributed by atoms with Crippen LogP contribution in [-0.4, -0.2) is 5.60 Å². The molecule has 0 radical (unpaired) electrons. The van der Waals surface area contributed by atoms with Crippen molar-refractivity contribution in [2.75, 3.05) is 0 Å². The number of ether oxygens (including phenoxy) is 1. The van der Waals surface area contributed by atoms with Gasteiger partial charge in [-0.1, -0.05) is 0 Å². The highest BCUT2D eigenvalue weighted by Crippen LogP contribution is 2.38. The van der Waals surface area contributed by atoms with Crippen LogP contribution < -0.4 is 10.5 Å². The van der Waals surface area contributed by atoms with E-state index in [0.717, 1.165) is 17.7 Å². The van der Waals surface area contributed by atoms with Gasteiger partial charge in [0.2, 0.25) is 0 Å². The van der Waals surface area contributed by atoms with E-state index in [4.69, 9.17) is 15.7 Å². The average molecular weight is 202 g/mol.